The molecular formula is C42H24B2. The third-order valence-corrected chi connectivity index (χ3v) is 11.5. The van der Waals surface area contributed by atoms with Gasteiger partial charge in [0.2, 0.25) is 13.4 Å². The molecule has 0 aromatic heterocycles. The molecule has 0 atom stereocenters. The fourth-order valence-electron chi connectivity index (χ4n) is 10.1. The highest BCUT2D eigenvalue weighted by molar-refractivity contribution is 7.03. The summed E-state index contributed by atoms with van der Waals surface area (Å²) in [7, 11) is 0. The normalized spacial score (nSPS) is 14.0. The molecule has 0 N–H and O–H groups in total. The molecule has 4 heterocycles. The van der Waals surface area contributed by atoms with Crippen LogP contribution in [0, 0.1) is 13.8 Å². The summed E-state index contributed by atoms with van der Waals surface area (Å²) in [6.45, 7) is 5.07. The van der Waals surface area contributed by atoms with Gasteiger partial charge in [0, 0.05) is 0 Å². The van der Waals surface area contributed by atoms with Crippen LogP contribution in [0.15, 0.2) is 109 Å². The van der Waals surface area contributed by atoms with E-state index in [2.05, 4.69) is 123 Å². The molecule has 0 fully saturated rings. The summed E-state index contributed by atoms with van der Waals surface area (Å²) in [5.74, 6) is 0. The lowest BCUT2D eigenvalue weighted by Crippen LogP contribution is -2.52. The Bertz CT molecular complexity index is 2510. The van der Waals surface area contributed by atoms with E-state index in [1.165, 1.54) is 121 Å². The predicted molar refractivity (Wildman–Crippen MR) is 191 cm³/mol. The van der Waals surface area contributed by atoms with Crippen LogP contribution < -0.4 is 32.8 Å². The maximum Gasteiger partial charge on any atom is 0.244 e. The van der Waals surface area contributed by atoms with Crippen molar-refractivity contribution in [3.8, 4) is 44.5 Å². The Morgan fingerprint density at radius 1 is 0.341 bits per heavy atom. The second-order valence-corrected chi connectivity index (χ2v) is 13.7. The Morgan fingerprint density at radius 3 is 1.20 bits per heavy atom. The van der Waals surface area contributed by atoms with E-state index in [0.29, 0.717) is 0 Å². The summed E-state index contributed by atoms with van der Waals surface area (Å²) in [6, 6.07) is 42.8. The second-order valence-electron chi connectivity index (χ2n) is 13.7. The van der Waals surface area contributed by atoms with Gasteiger partial charge >= 0.3 is 0 Å². The van der Waals surface area contributed by atoms with E-state index in [9.17, 15) is 0 Å². The van der Waals surface area contributed by atoms with Crippen LogP contribution in [0.25, 0.3) is 76.8 Å². The zero-order chi connectivity index (χ0) is 28.6. The van der Waals surface area contributed by atoms with Crippen molar-refractivity contribution in [3.05, 3.63) is 120 Å². The van der Waals surface area contributed by atoms with Gasteiger partial charge in [-0.25, -0.2) is 0 Å². The maximum atomic E-state index is 2.56. The van der Waals surface area contributed by atoms with E-state index in [1.807, 2.05) is 0 Å². The van der Waals surface area contributed by atoms with E-state index >= 15 is 0 Å². The SMILES string of the molecule is Cc1cc2c3c(c1)-c1ccc4cc5c6c(ccc7cc(c1c4c76)B3c1ccccc1-2)-c1cc(C)cc2c1B5c1ccccc1-2. The molecule has 44 heavy (non-hydrogen) atoms. The smallest absolute Gasteiger partial charge is 0.0664 e. The molecule has 0 radical (unpaired) electrons. The fraction of sp³-hybridized carbons (Fsp3) is 0.0476. The van der Waals surface area contributed by atoms with E-state index in [4.69, 9.17) is 0 Å². The molecule has 0 amide bonds. The highest BCUT2D eigenvalue weighted by Crippen LogP contribution is 2.46. The number of rotatable bonds is 0. The Kier molecular flexibility index (Phi) is 3.66. The first kappa shape index (κ1) is 22.5. The van der Waals surface area contributed by atoms with Gasteiger partial charge in [0.05, 0.1) is 0 Å². The number of aryl methyl sites for hydroxylation is 2. The van der Waals surface area contributed by atoms with Gasteiger partial charge in [-0.15, -0.1) is 0 Å². The molecule has 0 saturated heterocycles. The molecule has 4 aliphatic rings. The number of fused-ring (bicyclic) bond motifs is 10. The van der Waals surface area contributed by atoms with Crippen LogP contribution in [0.4, 0.5) is 0 Å². The topological polar surface area (TPSA) is 0 Å². The van der Waals surface area contributed by atoms with Crippen molar-refractivity contribution in [3.63, 3.8) is 0 Å². The van der Waals surface area contributed by atoms with Gasteiger partial charge in [0.25, 0.3) is 0 Å². The first-order valence-electron chi connectivity index (χ1n) is 15.9. The van der Waals surface area contributed by atoms with Gasteiger partial charge in [0.15, 0.2) is 0 Å². The van der Waals surface area contributed by atoms with Crippen LogP contribution in [0.2, 0.25) is 0 Å². The summed E-state index contributed by atoms with van der Waals surface area (Å²) in [6.07, 6.45) is 0. The van der Waals surface area contributed by atoms with Crippen molar-refractivity contribution in [1.29, 1.82) is 0 Å². The molecule has 0 bridgehead atoms. The predicted octanol–water partition coefficient (Wildman–Crippen LogP) is 6.15. The average molecular weight is 550 g/mol. The molecule has 198 valence electrons. The lowest BCUT2D eigenvalue weighted by Gasteiger charge is -2.31. The molecule has 0 unspecified atom stereocenters. The van der Waals surface area contributed by atoms with Crippen molar-refractivity contribution in [2.45, 2.75) is 13.8 Å². The third kappa shape index (κ3) is 2.33. The zero-order valence-corrected chi connectivity index (χ0v) is 24.5. The highest BCUT2D eigenvalue weighted by Gasteiger charge is 2.43. The Balaban J connectivity index is 1.29. The van der Waals surface area contributed by atoms with Crippen LogP contribution in [0.3, 0.4) is 0 Å². The van der Waals surface area contributed by atoms with Crippen molar-refractivity contribution >= 4 is 78.5 Å². The van der Waals surface area contributed by atoms with Crippen molar-refractivity contribution < 1.29 is 0 Å². The number of hydrogen-bond donors (Lipinski definition) is 0. The third-order valence-electron chi connectivity index (χ3n) is 11.5. The summed E-state index contributed by atoms with van der Waals surface area (Å²) in [5, 5.41) is 8.59. The van der Waals surface area contributed by atoms with Crippen LogP contribution in [0.5, 0.6) is 0 Å². The van der Waals surface area contributed by atoms with Crippen LogP contribution in [-0.2, 0) is 0 Å². The first-order chi connectivity index (χ1) is 21.7. The summed E-state index contributed by atoms with van der Waals surface area (Å²) < 4.78 is 0. The van der Waals surface area contributed by atoms with Gasteiger partial charge in [-0.05, 0) is 102 Å². The lowest BCUT2D eigenvalue weighted by molar-refractivity contribution is 1.48. The summed E-state index contributed by atoms with van der Waals surface area (Å²) in [5.41, 5.74) is 22.9. The highest BCUT2D eigenvalue weighted by atomic mass is 14.3. The van der Waals surface area contributed by atoms with Gasteiger partial charge in [-0.2, -0.15) is 0 Å². The van der Waals surface area contributed by atoms with Crippen LogP contribution in [-0.4, -0.2) is 13.4 Å². The quantitative estimate of drug-likeness (QED) is 0.157. The van der Waals surface area contributed by atoms with E-state index in [-0.39, 0.29) is 13.4 Å². The number of benzene rings is 8. The molecule has 0 nitrogen and oxygen atoms in total. The lowest BCUT2D eigenvalue weighted by atomic mass is 9.34. The molecule has 12 rings (SSSR count). The van der Waals surface area contributed by atoms with E-state index < -0.39 is 0 Å². The Labute approximate surface area is 256 Å². The average Bonchev–Trinajstić information content (AvgIpc) is 3.55. The first-order valence-corrected chi connectivity index (χ1v) is 15.9. The molecule has 0 spiro atoms. The van der Waals surface area contributed by atoms with E-state index in [1.54, 1.807) is 0 Å². The number of hydrogen-bond acceptors (Lipinski definition) is 0. The van der Waals surface area contributed by atoms with E-state index in [0.717, 1.165) is 0 Å². The molecule has 0 aliphatic carbocycles. The standard InChI is InChI=1S/C42H24B2/c1-21-15-29-25-7-3-5-9-33(25)43-35-19-24-12-14-28-32-18-22(2)16-30-26-8-4-6-10-34(26)44(42(30)32)36-20-23-11-13-27(31(17-21)41(29)43)39(35)37(23)38(24)40(28)36/h3-20H,1-2H3. The minimum Gasteiger partial charge on any atom is -0.0664 e. The van der Waals surface area contributed by atoms with Gasteiger partial charge in [-0.3, -0.25) is 0 Å². The maximum absolute atomic E-state index is 2.56. The Hall–Kier alpha value is -5.07. The van der Waals surface area contributed by atoms with Gasteiger partial charge in [-0.1, -0.05) is 142 Å². The fourth-order valence-corrected chi connectivity index (χ4v) is 10.1. The monoisotopic (exact) mass is 550 g/mol. The van der Waals surface area contributed by atoms with Crippen molar-refractivity contribution in [1.82, 2.24) is 0 Å². The molecule has 8 aromatic carbocycles. The summed E-state index contributed by atoms with van der Waals surface area (Å²) >= 11 is 0. The molecule has 8 aromatic rings. The van der Waals surface area contributed by atoms with Gasteiger partial charge in [0.1, 0.15) is 0 Å². The van der Waals surface area contributed by atoms with Crippen LogP contribution in [0.1, 0.15) is 11.1 Å². The molecule has 2 heteroatoms. The Morgan fingerprint density at radius 2 is 0.750 bits per heavy atom. The van der Waals surface area contributed by atoms with Crippen molar-refractivity contribution in [2.75, 3.05) is 0 Å². The van der Waals surface area contributed by atoms with Crippen LogP contribution >= 0.6 is 0 Å². The van der Waals surface area contributed by atoms with Gasteiger partial charge < -0.3 is 0 Å². The second kappa shape index (κ2) is 7.17. The van der Waals surface area contributed by atoms with Crippen molar-refractivity contribution in [2.24, 2.45) is 0 Å². The molecule has 4 aliphatic heterocycles. The minimum absolute atomic E-state index is 0.276. The summed E-state index contributed by atoms with van der Waals surface area (Å²) in [4.78, 5) is 0. The molecular weight excluding hydrogens is 526 g/mol. The minimum atomic E-state index is 0.276. The largest absolute Gasteiger partial charge is 0.244 e. The molecule has 0 saturated carbocycles. The zero-order valence-electron chi connectivity index (χ0n) is 24.5.